The van der Waals surface area contributed by atoms with Crippen molar-refractivity contribution in [2.45, 2.75) is 4.90 Å². The van der Waals surface area contributed by atoms with Crippen molar-refractivity contribution < 1.29 is 0 Å². The molecular formula is C18H15NS. The van der Waals surface area contributed by atoms with Gasteiger partial charge in [0.25, 0.3) is 0 Å². The van der Waals surface area contributed by atoms with E-state index in [1.54, 1.807) is 11.8 Å². The van der Waals surface area contributed by atoms with Gasteiger partial charge in [0, 0.05) is 16.7 Å². The Hall–Kier alpha value is -2.06. The number of benzene rings is 2. The molecule has 1 nitrogen and oxygen atoms in total. The molecule has 1 heterocycles. The van der Waals surface area contributed by atoms with E-state index in [9.17, 15) is 0 Å². The molecular weight excluding hydrogens is 262 g/mol. The summed E-state index contributed by atoms with van der Waals surface area (Å²) in [7, 11) is 0. The number of nitrogens with zero attached hydrogens (tertiary/aromatic N) is 1. The summed E-state index contributed by atoms with van der Waals surface area (Å²) in [5.74, 6) is 0. The van der Waals surface area contributed by atoms with Crippen molar-refractivity contribution in [3.8, 4) is 22.4 Å². The Kier molecular flexibility index (Phi) is 3.84. The van der Waals surface area contributed by atoms with Crippen molar-refractivity contribution in [2.75, 3.05) is 6.26 Å². The monoisotopic (exact) mass is 277 g/mol. The fraction of sp³-hybridized carbons (Fsp3) is 0.0556. The van der Waals surface area contributed by atoms with Crippen LogP contribution in [0.25, 0.3) is 22.4 Å². The zero-order valence-corrected chi connectivity index (χ0v) is 12.1. The molecule has 0 unspecified atom stereocenters. The van der Waals surface area contributed by atoms with Gasteiger partial charge in [-0.1, -0.05) is 48.5 Å². The predicted octanol–water partition coefficient (Wildman–Crippen LogP) is 5.14. The first kappa shape index (κ1) is 12.9. The van der Waals surface area contributed by atoms with Gasteiger partial charge >= 0.3 is 0 Å². The van der Waals surface area contributed by atoms with Gasteiger partial charge in [-0.3, -0.25) is 4.98 Å². The minimum Gasteiger partial charge on any atom is -0.256 e. The van der Waals surface area contributed by atoms with Crippen LogP contribution in [-0.4, -0.2) is 11.2 Å². The maximum absolute atomic E-state index is 4.48. The lowest BCUT2D eigenvalue weighted by atomic mass is 10.0. The number of aromatic nitrogens is 1. The lowest BCUT2D eigenvalue weighted by molar-refractivity contribution is 1.27. The molecule has 0 aliphatic carbocycles. The van der Waals surface area contributed by atoms with Gasteiger partial charge < -0.3 is 0 Å². The molecule has 0 amide bonds. The summed E-state index contributed by atoms with van der Waals surface area (Å²) >= 11 is 1.74. The van der Waals surface area contributed by atoms with Crippen molar-refractivity contribution in [1.82, 2.24) is 4.98 Å². The van der Waals surface area contributed by atoms with Gasteiger partial charge in [-0.05, 0) is 35.6 Å². The third-order valence-corrected chi connectivity index (χ3v) is 3.96. The molecule has 20 heavy (non-hydrogen) atoms. The smallest absolute Gasteiger partial charge is 0.0713 e. The molecule has 2 aromatic carbocycles. The number of pyridine rings is 1. The Morgan fingerprint density at radius 2 is 1.50 bits per heavy atom. The first-order chi connectivity index (χ1) is 9.86. The molecule has 0 saturated carbocycles. The van der Waals surface area contributed by atoms with Crippen LogP contribution in [0.5, 0.6) is 0 Å². The summed E-state index contributed by atoms with van der Waals surface area (Å²) < 4.78 is 0. The lowest BCUT2D eigenvalue weighted by Gasteiger charge is -2.06. The van der Waals surface area contributed by atoms with Crippen molar-refractivity contribution in [1.29, 1.82) is 0 Å². The van der Waals surface area contributed by atoms with Crippen LogP contribution in [0.3, 0.4) is 0 Å². The Bertz CT molecular complexity index is 707. The van der Waals surface area contributed by atoms with Gasteiger partial charge in [0.05, 0.1) is 5.69 Å². The minimum atomic E-state index is 1.02. The molecule has 0 fully saturated rings. The maximum atomic E-state index is 4.48. The summed E-state index contributed by atoms with van der Waals surface area (Å²) in [4.78, 5) is 5.72. The standard InChI is InChI=1S/C18H15NS/c1-20-17-10-11-19-18(13-17)16-9-5-8-15(12-16)14-6-3-2-4-7-14/h2-13H,1H3. The van der Waals surface area contributed by atoms with Crippen LogP contribution < -0.4 is 0 Å². The Morgan fingerprint density at radius 3 is 2.30 bits per heavy atom. The van der Waals surface area contributed by atoms with E-state index >= 15 is 0 Å². The van der Waals surface area contributed by atoms with Crippen molar-refractivity contribution in [3.63, 3.8) is 0 Å². The number of hydrogen-bond donors (Lipinski definition) is 0. The van der Waals surface area contributed by atoms with Gasteiger partial charge in [0.1, 0.15) is 0 Å². The SMILES string of the molecule is CSc1ccnc(-c2cccc(-c3ccccc3)c2)c1. The summed E-state index contributed by atoms with van der Waals surface area (Å²) in [6, 6.07) is 23.1. The molecule has 0 atom stereocenters. The molecule has 0 spiro atoms. The van der Waals surface area contributed by atoms with Crippen molar-refractivity contribution >= 4 is 11.8 Å². The molecule has 3 rings (SSSR count). The van der Waals surface area contributed by atoms with E-state index < -0.39 is 0 Å². The van der Waals surface area contributed by atoms with Crippen LogP contribution in [0, 0.1) is 0 Å². The topological polar surface area (TPSA) is 12.9 Å². The molecule has 0 aliphatic heterocycles. The number of rotatable bonds is 3. The molecule has 0 saturated heterocycles. The van der Waals surface area contributed by atoms with Gasteiger partial charge in [-0.2, -0.15) is 0 Å². The highest BCUT2D eigenvalue weighted by Crippen LogP contribution is 2.27. The van der Waals surface area contributed by atoms with Crippen LogP contribution >= 0.6 is 11.8 Å². The fourth-order valence-corrected chi connectivity index (χ4v) is 2.61. The molecule has 3 aromatic rings. The molecule has 1 aromatic heterocycles. The molecule has 2 heteroatoms. The number of thioether (sulfide) groups is 1. The van der Waals surface area contributed by atoms with Gasteiger partial charge in [-0.15, -0.1) is 11.8 Å². The molecule has 0 bridgehead atoms. The van der Waals surface area contributed by atoms with Crippen molar-refractivity contribution in [2.24, 2.45) is 0 Å². The van der Waals surface area contributed by atoms with Crippen LogP contribution in [-0.2, 0) is 0 Å². The van der Waals surface area contributed by atoms with E-state index in [1.165, 1.54) is 16.0 Å². The van der Waals surface area contributed by atoms with E-state index in [0.29, 0.717) is 0 Å². The Balaban J connectivity index is 2.03. The van der Waals surface area contributed by atoms with E-state index in [4.69, 9.17) is 0 Å². The van der Waals surface area contributed by atoms with E-state index in [1.807, 2.05) is 18.3 Å². The van der Waals surface area contributed by atoms with E-state index in [-0.39, 0.29) is 0 Å². The quantitative estimate of drug-likeness (QED) is 0.615. The number of hydrogen-bond acceptors (Lipinski definition) is 2. The van der Waals surface area contributed by atoms with Crippen LogP contribution in [0.4, 0.5) is 0 Å². The van der Waals surface area contributed by atoms with Crippen LogP contribution in [0.15, 0.2) is 77.8 Å². The summed E-state index contributed by atoms with van der Waals surface area (Å²) in [6.07, 6.45) is 3.95. The second kappa shape index (κ2) is 5.93. The molecule has 0 N–H and O–H groups in total. The first-order valence-corrected chi connectivity index (χ1v) is 7.75. The zero-order chi connectivity index (χ0) is 13.8. The highest BCUT2D eigenvalue weighted by Gasteiger charge is 2.03. The van der Waals surface area contributed by atoms with Crippen LogP contribution in [0.1, 0.15) is 0 Å². The second-order valence-electron chi connectivity index (χ2n) is 4.53. The Labute approximate surface area is 123 Å². The van der Waals surface area contributed by atoms with Gasteiger partial charge in [0.15, 0.2) is 0 Å². The third kappa shape index (κ3) is 2.75. The summed E-state index contributed by atoms with van der Waals surface area (Å²) in [5, 5.41) is 0. The van der Waals surface area contributed by atoms with Gasteiger partial charge in [0.2, 0.25) is 0 Å². The van der Waals surface area contributed by atoms with E-state index in [0.717, 1.165) is 11.3 Å². The summed E-state index contributed by atoms with van der Waals surface area (Å²) in [5.41, 5.74) is 4.63. The van der Waals surface area contributed by atoms with Crippen LogP contribution in [0.2, 0.25) is 0 Å². The predicted molar refractivity (Wildman–Crippen MR) is 86.9 cm³/mol. The normalized spacial score (nSPS) is 10.4. The Morgan fingerprint density at radius 1 is 0.750 bits per heavy atom. The molecule has 0 aliphatic rings. The third-order valence-electron chi connectivity index (χ3n) is 3.23. The molecule has 98 valence electrons. The minimum absolute atomic E-state index is 1.02. The maximum Gasteiger partial charge on any atom is 0.0713 e. The summed E-state index contributed by atoms with van der Waals surface area (Å²) in [6.45, 7) is 0. The first-order valence-electron chi connectivity index (χ1n) is 6.53. The highest BCUT2D eigenvalue weighted by atomic mass is 32.2. The average Bonchev–Trinajstić information content (AvgIpc) is 2.56. The van der Waals surface area contributed by atoms with Gasteiger partial charge in [-0.25, -0.2) is 0 Å². The second-order valence-corrected chi connectivity index (χ2v) is 5.41. The zero-order valence-electron chi connectivity index (χ0n) is 11.3. The van der Waals surface area contributed by atoms with Crippen molar-refractivity contribution in [3.05, 3.63) is 72.9 Å². The average molecular weight is 277 g/mol. The van der Waals surface area contributed by atoms with E-state index in [2.05, 4.69) is 65.8 Å². The largest absolute Gasteiger partial charge is 0.256 e. The lowest BCUT2D eigenvalue weighted by Crippen LogP contribution is -1.85. The molecule has 0 radical (unpaired) electrons. The highest BCUT2D eigenvalue weighted by molar-refractivity contribution is 7.98. The fourth-order valence-electron chi connectivity index (χ4n) is 2.18.